The third-order valence-electron chi connectivity index (χ3n) is 5.48. The van der Waals surface area contributed by atoms with Crippen molar-refractivity contribution in [2.75, 3.05) is 13.1 Å². The minimum atomic E-state index is -4.75. The van der Waals surface area contributed by atoms with Gasteiger partial charge >= 0.3 is 6.18 Å². The Labute approximate surface area is 181 Å². The molecule has 168 valence electrons. The van der Waals surface area contributed by atoms with Crippen molar-refractivity contribution in [1.82, 2.24) is 24.8 Å². The molecule has 0 saturated carbocycles. The highest BCUT2D eigenvalue weighted by Gasteiger charge is 2.46. The van der Waals surface area contributed by atoms with Crippen molar-refractivity contribution in [2.24, 2.45) is 16.0 Å². The Balaban J connectivity index is 1.81. The maximum atomic E-state index is 13.8. The van der Waals surface area contributed by atoms with Crippen LogP contribution in [0.4, 0.5) is 13.2 Å². The van der Waals surface area contributed by atoms with Gasteiger partial charge in [-0.3, -0.25) is 4.79 Å². The number of pyridine rings is 1. The molecule has 0 bridgehead atoms. The maximum absolute atomic E-state index is 13.8. The molecule has 1 N–H and O–H groups in total. The van der Waals surface area contributed by atoms with Gasteiger partial charge in [0.2, 0.25) is 5.82 Å². The summed E-state index contributed by atoms with van der Waals surface area (Å²) in [6.07, 6.45) is 0.970. The average Bonchev–Trinajstić information content (AvgIpc) is 3.31. The molecular formula is C21H22F3N7O. The summed E-state index contributed by atoms with van der Waals surface area (Å²) >= 11 is 0. The number of rotatable bonds is 5. The predicted octanol–water partition coefficient (Wildman–Crippen LogP) is 3.35. The van der Waals surface area contributed by atoms with E-state index in [1.807, 2.05) is 13.0 Å². The summed E-state index contributed by atoms with van der Waals surface area (Å²) in [6, 6.07) is 2.99. The summed E-state index contributed by atoms with van der Waals surface area (Å²) in [6.45, 7) is 7.73. The normalized spacial score (nSPS) is 19.5. The molecule has 1 aliphatic heterocycles. The summed E-state index contributed by atoms with van der Waals surface area (Å²) in [5.74, 6) is -0.323. The van der Waals surface area contributed by atoms with Crippen molar-refractivity contribution in [3.05, 3.63) is 58.1 Å². The van der Waals surface area contributed by atoms with Gasteiger partial charge in [-0.15, -0.1) is 10.2 Å². The van der Waals surface area contributed by atoms with Crippen LogP contribution in [0.3, 0.4) is 0 Å². The number of hydrogen-bond acceptors (Lipinski definition) is 6. The molecule has 3 heterocycles. The lowest BCUT2D eigenvalue weighted by Gasteiger charge is -2.29. The number of hydrogen-bond donors (Lipinski definition) is 1. The number of allylic oxidation sites excluding steroid dienone is 4. The first kappa shape index (κ1) is 21.7. The number of halogens is 3. The molecule has 1 aliphatic carbocycles. The predicted molar refractivity (Wildman–Crippen MR) is 114 cm³/mol. The minimum Gasteiger partial charge on any atom is -0.375 e. The van der Waals surface area contributed by atoms with Crippen LogP contribution < -0.4 is 5.56 Å². The van der Waals surface area contributed by atoms with Crippen LogP contribution in [0.2, 0.25) is 0 Å². The van der Waals surface area contributed by atoms with Gasteiger partial charge in [-0.2, -0.15) is 22.9 Å². The van der Waals surface area contributed by atoms with E-state index in [2.05, 4.69) is 44.0 Å². The van der Waals surface area contributed by atoms with E-state index >= 15 is 0 Å². The van der Waals surface area contributed by atoms with E-state index in [1.165, 1.54) is 12.3 Å². The highest BCUT2D eigenvalue weighted by molar-refractivity contribution is 6.50. The Morgan fingerprint density at radius 1 is 1.22 bits per heavy atom. The fraction of sp³-hybridized carbons (Fsp3) is 0.381. The molecule has 0 saturated heterocycles. The summed E-state index contributed by atoms with van der Waals surface area (Å²) in [5, 5.41) is 11.5. The number of nitrogens with one attached hydrogen (secondary N) is 1. The number of alkyl halides is 3. The van der Waals surface area contributed by atoms with Crippen molar-refractivity contribution in [2.45, 2.75) is 33.4 Å². The smallest absolute Gasteiger partial charge is 0.375 e. The van der Waals surface area contributed by atoms with Crippen molar-refractivity contribution in [1.29, 1.82) is 0 Å². The Kier molecular flexibility index (Phi) is 5.57. The molecule has 4 rings (SSSR count). The van der Waals surface area contributed by atoms with Crippen LogP contribution in [0.25, 0.3) is 11.4 Å². The third-order valence-corrected chi connectivity index (χ3v) is 5.48. The number of nitrogens with zero attached hydrogens (tertiary/aromatic N) is 6. The van der Waals surface area contributed by atoms with Crippen molar-refractivity contribution in [3.63, 3.8) is 0 Å². The standard InChI is InChI=1S/C21H22F3N7O/c1-4-30(5-2)13-8-9-15(12(3)11-13)26-16-17(21(22,23)24)29-31-18(27-28-19(16)31)14-7-6-10-25-20(14)32/h6-10,12H,4-5,11H2,1-3H3,(H,25,32). The van der Waals surface area contributed by atoms with Gasteiger partial charge in [-0.1, -0.05) is 6.92 Å². The Morgan fingerprint density at radius 3 is 2.56 bits per heavy atom. The Hall–Kier alpha value is -3.50. The van der Waals surface area contributed by atoms with E-state index in [-0.39, 0.29) is 23.1 Å². The highest BCUT2D eigenvalue weighted by atomic mass is 19.4. The molecule has 2 aromatic heterocycles. The lowest BCUT2D eigenvalue weighted by Crippen LogP contribution is -2.30. The molecule has 0 amide bonds. The van der Waals surface area contributed by atoms with Gasteiger partial charge < -0.3 is 9.88 Å². The maximum Gasteiger partial charge on any atom is 0.437 e. The zero-order valence-electron chi connectivity index (χ0n) is 17.8. The Morgan fingerprint density at radius 2 is 1.94 bits per heavy atom. The van der Waals surface area contributed by atoms with E-state index in [0.29, 0.717) is 12.1 Å². The summed E-state index contributed by atoms with van der Waals surface area (Å²) < 4.78 is 42.3. The van der Waals surface area contributed by atoms with Gasteiger partial charge in [-0.05, 0) is 44.6 Å². The first-order valence-corrected chi connectivity index (χ1v) is 10.3. The molecule has 0 spiro atoms. The second-order valence-electron chi connectivity index (χ2n) is 7.51. The number of H-pyrrole nitrogens is 1. The first-order valence-electron chi connectivity index (χ1n) is 10.3. The van der Waals surface area contributed by atoms with E-state index in [9.17, 15) is 18.0 Å². The van der Waals surface area contributed by atoms with E-state index in [0.717, 1.165) is 23.5 Å². The fourth-order valence-corrected chi connectivity index (χ4v) is 3.81. The number of aromatic nitrogens is 4. The fourth-order valence-electron chi connectivity index (χ4n) is 3.81. The van der Waals surface area contributed by atoms with Crippen LogP contribution in [0.1, 0.15) is 33.0 Å². The molecule has 0 radical (unpaired) electrons. The zero-order valence-corrected chi connectivity index (χ0v) is 17.8. The molecular weight excluding hydrogens is 423 g/mol. The van der Waals surface area contributed by atoms with Crippen LogP contribution in [0.5, 0.6) is 0 Å². The molecule has 0 fully saturated rings. The van der Waals surface area contributed by atoms with Crippen LogP contribution in [0.15, 0.2) is 56.8 Å². The van der Waals surface area contributed by atoms with Gasteiger partial charge in [0, 0.05) is 36.6 Å². The SMILES string of the molecule is CCN(CC)C1=CC=C(N=C2C(C(F)(F)F)=Nn3c2nnc3-c2ccc[nH]c2=O)C(C)C1. The number of aliphatic imine (C=N–C) groups is 1. The summed E-state index contributed by atoms with van der Waals surface area (Å²) in [5.41, 5.74) is -0.381. The molecule has 1 unspecified atom stereocenters. The molecule has 2 aromatic rings. The van der Waals surface area contributed by atoms with Gasteiger partial charge in [0.05, 0.1) is 5.56 Å². The van der Waals surface area contributed by atoms with Crippen LogP contribution >= 0.6 is 0 Å². The lowest BCUT2D eigenvalue weighted by atomic mass is 9.95. The average molecular weight is 445 g/mol. The molecule has 1 atom stereocenters. The zero-order chi connectivity index (χ0) is 23.0. The van der Waals surface area contributed by atoms with Gasteiger partial charge in [0.15, 0.2) is 11.5 Å². The number of aromatic amines is 1. The molecule has 2 aliphatic rings. The monoisotopic (exact) mass is 445 g/mol. The van der Waals surface area contributed by atoms with Crippen molar-refractivity contribution in [3.8, 4) is 11.4 Å². The summed E-state index contributed by atoms with van der Waals surface area (Å²) in [7, 11) is 0. The molecule has 8 nitrogen and oxygen atoms in total. The lowest BCUT2D eigenvalue weighted by molar-refractivity contribution is -0.0567. The number of fused-ring (bicyclic) bond motifs is 1. The quantitative estimate of drug-likeness (QED) is 0.764. The second kappa shape index (κ2) is 8.21. The molecule has 11 heteroatoms. The van der Waals surface area contributed by atoms with Crippen molar-refractivity contribution >= 4 is 11.4 Å². The van der Waals surface area contributed by atoms with E-state index in [1.54, 1.807) is 12.1 Å². The van der Waals surface area contributed by atoms with Crippen LogP contribution in [-0.4, -0.2) is 55.4 Å². The van der Waals surface area contributed by atoms with E-state index in [4.69, 9.17) is 0 Å². The van der Waals surface area contributed by atoms with Crippen molar-refractivity contribution < 1.29 is 13.2 Å². The van der Waals surface area contributed by atoms with Crippen LogP contribution in [-0.2, 0) is 0 Å². The van der Waals surface area contributed by atoms with E-state index < -0.39 is 23.2 Å². The van der Waals surface area contributed by atoms with Gasteiger partial charge in [0.1, 0.15) is 5.71 Å². The topological polar surface area (TPSA) is 91.5 Å². The molecule has 0 aromatic carbocycles. The third kappa shape index (κ3) is 3.78. The first-order chi connectivity index (χ1) is 15.2. The minimum absolute atomic E-state index is 0.0647. The van der Waals surface area contributed by atoms with Gasteiger partial charge in [-0.25, -0.2) is 4.99 Å². The van der Waals surface area contributed by atoms with Gasteiger partial charge in [0.25, 0.3) is 5.56 Å². The molecule has 32 heavy (non-hydrogen) atoms. The second-order valence-corrected chi connectivity index (χ2v) is 7.51. The van der Waals surface area contributed by atoms with Crippen LogP contribution in [0, 0.1) is 5.92 Å². The largest absolute Gasteiger partial charge is 0.437 e. The highest BCUT2D eigenvalue weighted by Crippen LogP contribution is 2.32. The summed E-state index contributed by atoms with van der Waals surface area (Å²) in [4.78, 5) is 21.1. The Bertz CT molecular complexity index is 1210.